The van der Waals surface area contributed by atoms with Gasteiger partial charge in [0.15, 0.2) is 0 Å². The molecule has 0 unspecified atom stereocenters. The Morgan fingerprint density at radius 2 is 1.76 bits per heavy atom. The van der Waals surface area contributed by atoms with Crippen LogP contribution in [0.4, 0.5) is 16.2 Å². The first-order valence-electron chi connectivity index (χ1n) is 6.35. The van der Waals surface area contributed by atoms with Gasteiger partial charge in [-0.25, -0.2) is 4.79 Å². The lowest BCUT2D eigenvalue weighted by Crippen LogP contribution is -2.21. The van der Waals surface area contributed by atoms with Gasteiger partial charge in [0.05, 0.1) is 17.8 Å². The number of carboxylic acids is 1. The van der Waals surface area contributed by atoms with E-state index in [1.165, 1.54) is 0 Å². The molecule has 1 aromatic heterocycles. The number of aliphatic carboxylic acids is 1. The molecule has 0 aliphatic heterocycles. The summed E-state index contributed by atoms with van der Waals surface area (Å²) in [6.45, 7) is 1.79. The fraction of sp³-hybridized carbons (Fsp3) is 0.133. The predicted molar refractivity (Wildman–Crippen MR) is 79.4 cm³/mol. The van der Waals surface area contributed by atoms with Gasteiger partial charge in [0.25, 0.3) is 0 Å². The summed E-state index contributed by atoms with van der Waals surface area (Å²) in [4.78, 5) is 26.9. The molecule has 21 heavy (non-hydrogen) atoms. The van der Waals surface area contributed by atoms with E-state index in [0.717, 1.165) is 0 Å². The van der Waals surface area contributed by atoms with E-state index >= 15 is 0 Å². The quantitative estimate of drug-likeness (QED) is 0.805. The molecule has 6 nitrogen and oxygen atoms in total. The van der Waals surface area contributed by atoms with E-state index in [-0.39, 0.29) is 6.42 Å². The van der Waals surface area contributed by atoms with Crippen molar-refractivity contribution in [3.63, 3.8) is 0 Å². The molecule has 2 rings (SSSR count). The van der Waals surface area contributed by atoms with Crippen molar-refractivity contribution in [2.45, 2.75) is 13.3 Å². The number of hydrogen-bond acceptors (Lipinski definition) is 3. The highest BCUT2D eigenvalue weighted by Gasteiger charge is 2.10. The summed E-state index contributed by atoms with van der Waals surface area (Å²) in [5.41, 5.74) is 2.32. The van der Waals surface area contributed by atoms with Crippen LogP contribution in [-0.2, 0) is 11.2 Å². The molecule has 0 radical (unpaired) electrons. The first-order chi connectivity index (χ1) is 10.1. The van der Waals surface area contributed by atoms with Gasteiger partial charge in [-0.2, -0.15) is 0 Å². The predicted octanol–water partition coefficient (Wildman–Crippen LogP) is 2.66. The third-order valence-electron chi connectivity index (χ3n) is 2.86. The monoisotopic (exact) mass is 285 g/mol. The molecule has 0 aliphatic rings. The minimum atomic E-state index is -0.951. The van der Waals surface area contributed by atoms with Gasteiger partial charge in [-0.15, -0.1) is 0 Å². The van der Waals surface area contributed by atoms with E-state index in [4.69, 9.17) is 5.11 Å². The minimum Gasteiger partial charge on any atom is -0.481 e. The van der Waals surface area contributed by atoms with Gasteiger partial charge < -0.3 is 15.7 Å². The van der Waals surface area contributed by atoms with Crippen LogP contribution in [0.25, 0.3) is 0 Å². The van der Waals surface area contributed by atoms with Crippen LogP contribution >= 0.6 is 0 Å². The number of hydrogen-bond donors (Lipinski definition) is 3. The molecule has 0 bridgehead atoms. The molecule has 0 spiro atoms. The number of para-hydroxylation sites is 1. The number of carbonyl (C=O) groups excluding carboxylic acids is 1. The maximum atomic E-state index is 12.0. The van der Waals surface area contributed by atoms with Crippen molar-refractivity contribution in [2.24, 2.45) is 0 Å². The molecule has 2 amide bonds. The Morgan fingerprint density at radius 1 is 1.10 bits per heavy atom. The number of aryl methyl sites for hydroxylation is 1. The fourth-order valence-electron chi connectivity index (χ4n) is 1.85. The van der Waals surface area contributed by atoms with Crippen LogP contribution in [-0.4, -0.2) is 22.1 Å². The standard InChI is InChI=1S/C15H15N3O3/c1-10-12(7-4-8-16-10)17-15(21)18-13-6-3-2-5-11(13)9-14(19)20/h2-8H,9H2,1H3,(H,19,20)(H2,17,18,21). The van der Waals surface area contributed by atoms with E-state index in [1.54, 1.807) is 49.5 Å². The van der Waals surface area contributed by atoms with Gasteiger partial charge in [0.2, 0.25) is 0 Å². The van der Waals surface area contributed by atoms with Crippen LogP contribution < -0.4 is 10.6 Å². The zero-order chi connectivity index (χ0) is 15.2. The molecular formula is C15H15N3O3. The molecule has 6 heteroatoms. The molecule has 1 aromatic carbocycles. The zero-order valence-corrected chi connectivity index (χ0v) is 11.5. The van der Waals surface area contributed by atoms with Crippen LogP contribution in [0.3, 0.4) is 0 Å². The molecule has 1 heterocycles. The van der Waals surface area contributed by atoms with Gasteiger partial charge in [0.1, 0.15) is 0 Å². The van der Waals surface area contributed by atoms with E-state index in [1.807, 2.05) is 0 Å². The first-order valence-corrected chi connectivity index (χ1v) is 6.35. The van der Waals surface area contributed by atoms with Crippen molar-refractivity contribution in [2.75, 3.05) is 10.6 Å². The maximum absolute atomic E-state index is 12.0. The third kappa shape index (κ3) is 4.04. The normalized spacial score (nSPS) is 9.95. The van der Waals surface area contributed by atoms with Crippen LogP contribution in [0, 0.1) is 6.92 Å². The van der Waals surface area contributed by atoms with E-state index < -0.39 is 12.0 Å². The maximum Gasteiger partial charge on any atom is 0.323 e. The second kappa shape index (κ2) is 6.51. The summed E-state index contributed by atoms with van der Waals surface area (Å²) < 4.78 is 0. The number of benzene rings is 1. The number of rotatable bonds is 4. The van der Waals surface area contributed by atoms with Crippen LogP contribution in [0.5, 0.6) is 0 Å². The lowest BCUT2D eigenvalue weighted by atomic mass is 10.1. The Kier molecular flexibility index (Phi) is 4.50. The van der Waals surface area contributed by atoms with Gasteiger partial charge in [-0.1, -0.05) is 18.2 Å². The van der Waals surface area contributed by atoms with Gasteiger partial charge in [-0.05, 0) is 30.7 Å². The summed E-state index contributed by atoms with van der Waals surface area (Å²) in [7, 11) is 0. The second-order valence-corrected chi connectivity index (χ2v) is 4.44. The van der Waals surface area contributed by atoms with Crippen molar-refractivity contribution in [3.8, 4) is 0 Å². The highest BCUT2D eigenvalue weighted by Crippen LogP contribution is 2.17. The molecule has 0 fully saturated rings. The summed E-state index contributed by atoms with van der Waals surface area (Å²) in [5.74, 6) is -0.951. The molecule has 0 saturated heterocycles. The van der Waals surface area contributed by atoms with Crippen molar-refractivity contribution in [1.82, 2.24) is 4.98 Å². The third-order valence-corrected chi connectivity index (χ3v) is 2.86. The first kappa shape index (κ1) is 14.5. The van der Waals surface area contributed by atoms with Gasteiger partial charge >= 0.3 is 12.0 Å². The fourth-order valence-corrected chi connectivity index (χ4v) is 1.85. The second-order valence-electron chi connectivity index (χ2n) is 4.44. The molecule has 2 aromatic rings. The molecule has 0 atom stereocenters. The number of nitrogens with one attached hydrogen (secondary N) is 2. The van der Waals surface area contributed by atoms with E-state index in [9.17, 15) is 9.59 Å². The summed E-state index contributed by atoms with van der Waals surface area (Å²) in [6, 6.07) is 9.81. The van der Waals surface area contributed by atoms with Crippen LogP contribution in [0.1, 0.15) is 11.3 Å². The van der Waals surface area contributed by atoms with E-state index in [2.05, 4.69) is 15.6 Å². The Labute approximate surface area is 121 Å². The number of nitrogens with zero attached hydrogens (tertiary/aromatic N) is 1. The van der Waals surface area contributed by atoms with Crippen molar-refractivity contribution in [3.05, 3.63) is 53.9 Å². The highest BCUT2D eigenvalue weighted by atomic mass is 16.4. The SMILES string of the molecule is Cc1ncccc1NC(=O)Nc1ccccc1CC(=O)O. The van der Waals surface area contributed by atoms with Crippen molar-refractivity contribution >= 4 is 23.4 Å². The molecular weight excluding hydrogens is 270 g/mol. The average Bonchev–Trinajstić information content (AvgIpc) is 2.43. The molecule has 3 N–H and O–H groups in total. The smallest absolute Gasteiger partial charge is 0.323 e. The van der Waals surface area contributed by atoms with Crippen molar-refractivity contribution < 1.29 is 14.7 Å². The lowest BCUT2D eigenvalue weighted by molar-refractivity contribution is -0.136. The van der Waals surface area contributed by atoms with Crippen LogP contribution in [0.15, 0.2) is 42.6 Å². The minimum absolute atomic E-state index is 0.150. The number of aromatic nitrogens is 1. The average molecular weight is 285 g/mol. The van der Waals surface area contributed by atoms with Crippen LogP contribution in [0.2, 0.25) is 0 Å². The van der Waals surface area contributed by atoms with Crippen molar-refractivity contribution in [1.29, 1.82) is 0 Å². The van der Waals surface area contributed by atoms with E-state index in [0.29, 0.717) is 22.6 Å². The zero-order valence-electron chi connectivity index (χ0n) is 11.5. The lowest BCUT2D eigenvalue weighted by Gasteiger charge is -2.11. The highest BCUT2D eigenvalue weighted by molar-refractivity contribution is 6.00. The summed E-state index contributed by atoms with van der Waals surface area (Å²) in [5, 5.41) is 14.2. The van der Waals surface area contributed by atoms with Gasteiger partial charge in [-0.3, -0.25) is 9.78 Å². The Hall–Kier alpha value is -2.89. The number of carboxylic acid groups (broad SMARTS) is 1. The largest absolute Gasteiger partial charge is 0.481 e. The molecule has 0 saturated carbocycles. The topological polar surface area (TPSA) is 91.3 Å². The number of carbonyl (C=O) groups is 2. The number of amides is 2. The molecule has 0 aliphatic carbocycles. The van der Waals surface area contributed by atoms with Gasteiger partial charge in [0, 0.05) is 11.9 Å². The Balaban J connectivity index is 2.10. The summed E-state index contributed by atoms with van der Waals surface area (Å²) >= 11 is 0. The Morgan fingerprint density at radius 3 is 2.48 bits per heavy atom. The number of pyridine rings is 1. The molecule has 108 valence electrons. The number of urea groups is 1. The summed E-state index contributed by atoms with van der Waals surface area (Å²) in [6.07, 6.45) is 1.49. The number of anilines is 2. The Bertz CT molecular complexity index is 671.